The van der Waals surface area contributed by atoms with Crippen LogP contribution in [0, 0.1) is 0 Å². The average molecular weight is 645 g/mol. The number of methoxy groups -OCH3 is 1. The Labute approximate surface area is 257 Å². The zero-order chi connectivity index (χ0) is 32.4. The van der Waals surface area contributed by atoms with Gasteiger partial charge in [-0.05, 0) is 36.2 Å². The van der Waals surface area contributed by atoms with Crippen molar-refractivity contribution in [3.63, 3.8) is 0 Å². The Morgan fingerprint density at radius 1 is 1.13 bits per heavy atom. The van der Waals surface area contributed by atoms with E-state index in [4.69, 9.17) is 9.26 Å². The molecule has 45 heavy (non-hydrogen) atoms. The van der Waals surface area contributed by atoms with Crippen LogP contribution in [0.25, 0.3) is 11.3 Å². The lowest BCUT2D eigenvalue weighted by Gasteiger charge is -2.23. The molecule has 1 amide bonds. The molecule has 3 aromatic heterocycles. The number of rotatable bonds is 3. The monoisotopic (exact) mass is 644 g/mol. The lowest BCUT2D eigenvalue weighted by atomic mass is 10.1. The lowest BCUT2D eigenvalue weighted by Crippen LogP contribution is -2.21. The quantitative estimate of drug-likeness (QED) is 0.220. The Kier molecular flexibility index (Phi) is 9.12. The summed E-state index contributed by atoms with van der Waals surface area (Å²) in [7, 11) is -0.297. The standard InChI is InChI=1S/C29H32F3N8O4P/c1-17(2)45(42)16-18-6-7-22(24(12-18)43-4)38-28-34-14-20(29(30,31)32)26(39-28)37-23-9-8-21(36-25(23)27(41)33-3)19-13-35-40(15-19)10-5-11-44-45/h6-9,12-15,17H,5,10-11,16H2,1-4H3,(H,33,41)(H2,34,37,38,39)/t45-/m0/s1. The molecule has 1 aromatic carbocycles. The Morgan fingerprint density at radius 3 is 2.62 bits per heavy atom. The first-order valence-electron chi connectivity index (χ1n) is 14.0. The minimum Gasteiger partial charge on any atom is -0.495 e. The van der Waals surface area contributed by atoms with Crippen LogP contribution in [0.5, 0.6) is 5.75 Å². The van der Waals surface area contributed by atoms with E-state index in [0.717, 1.165) is 0 Å². The minimum absolute atomic E-state index is 0.00329. The number of benzene rings is 1. The number of carbonyl (C=O) groups is 1. The third-order valence-electron chi connectivity index (χ3n) is 7.16. The van der Waals surface area contributed by atoms with Crippen molar-refractivity contribution >= 4 is 36.4 Å². The van der Waals surface area contributed by atoms with Crippen molar-refractivity contribution in [2.24, 2.45) is 0 Å². The summed E-state index contributed by atoms with van der Waals surface area (Å²) < 4.78 is 69.2. The molecular weight excluding hydrogens is 612 g/mol. The third-order valence-corrected chi connectivity index (χ3v) is 10.2. The maximum Gasteiger partial charge on any atom is 0.421 e. The van der Waals surface area contributed by atoms with E-state index in [2.05, 4.69) is 36.0 Å². The van der Waals surface area contributed by atoms with E-state index in [-0.39, 0.29) is 35.8 Å². The number of hydrogen-bond donors (Lipinski definition) is 3. The smallest absolute Gasteiger partial charge is 0.421 e. The molecule has 0 saturated heterocycles. The van der Waals surface area contributed by atoms with Crippen molar-refractivity contribution in [3.8, 4) is 17.0 Å². The van der Waals surface area contributed by atoms with Crippen molar-refractivity contribution in [1.29, 1.82) is 0 Å². The predicted molar refractivity (Wildman–Crippen MR) is 162 cm³/mol. The predicted octanol–water partition coefficient (Wildman–Crippen LogP) is 6.22. The van der Waals surface area contributed by atoms with E-state index in [1.165, 1.54) is 20.2 Å². The first kappa shape index (κ1) is 31.9. The molecule has 0 radical (unpaired) electrons. The Bertz CT molecular complexity index is 1760. The van der Waals surface area contributed by atoms with E-state index >= 15 is 0 Å². The van der Waals surface area contributed by atoms with Gasteiger partial charge in [0.05, 0.1) is 43.1 Å². The molecule has 16 heteroatoms. The number of alkyl halides is 3. The molecule has 0 saturated carbocycles. The normalized spacial score (nSPS) is 17.2. The molecule has 3 N–H and O–H groups in total. The summed E-state index contributed by atoms with van der Waals surface area (Å²) in [6.07, 6.45) is -0.180. The fraction of sp³-hybridized carbons (Fsp3) is 0.345. The number of amides is 1. The number of carbonyl (C=O) groups excluding carboxylic acids is 1. The zero-order valence-electron chi connectivity index (χ0n) is 25.0. The van der Waals surface area contributed by atoms with E-state index in [9.17, 15) is 22.5 Å². The number of anilines is 4. The van der Waals surface area contributed by atoms with Gasteiger partial charge in [-0.2, -0.15) is 23.3 Å². The molecule has 0 spiro atoms. The molecule has 238 valence electrons. The highest BCUT2D eigenvalue weighted by Crippen LogP contribution is 2.55. The molecule has 8 bridgehead atoms. The van der Waals surface area contributed by atoms with Crippen LogP contribution in [-0.2, 0) is 28.0 Å². The summed E-state index contributed by atoms with van der Waals surface area (Å²) in [4.78, 5) is 25.2. The minimum atomic E-state index is -4.81. The number of aryl methyl sites for hydroxylation is 1. The van der Waals surface area contributed by atoms with E-state index in [1.807, 2.05) is 13.8 Å². The van der Waals surface area contributed by atoms with Crippen molar-refractivity contribution in [3.05, 3.63) is 65.7 Å². The highest BCUT2D eigenvalue weighted by Gasteiger charge is 2.36. The highest BCUT2D eigenvalue weighted by atomic mass is 31.2. The third kappa shape index (κ3) is 7.10. The summed E-state index contributed by atoms with van der Waals surface area (Å²) in [6, 6.07) is 8.06. The fourth-order valence-corrected chi connectivity index (χ4v) is 6.54. The molecule has 0 unspecified atom stereocenters. The van der Waals surface area contributed by atoms with Gasteiger partial charge in [0.2, 0.25) is 13.3 Å². The summed E-state index contributed by atoms with van der Waals surface area (Å²) in [5.74, 6) is -1.06. The second kappa shape index (κ2) is 12.9. The van der Waals surface area contributed by atoms with Crippen molar-refractivity contribution < 1.29 is 31.8 Å². The topological polar surface area (TPSA) is 145 Å². The van der Waals surface area contributed by atoms with Crippen LogP contribution < -0.4 is 20.7 Å². The SMILES string of the molecule is CNC(=O)c1nc2ccc1Nc1nc(ncc1C(F)(F)F)Nc1ccc(cc1OC)C[P@@](=O)(C(C)C)OCCCn1cc-2cn1. The number of nitrogens with one attached hydrogen (secondary N) is 3. The van der Waals surface area contributed by atoms with Gasteiger partial charge in [-0.25, -0.2) is 9.97 Å². The van der Waals surface area contributed by atoms with E-state index in [1.54, 1.807) is 41.3 Å². The van der Waals surface area contributed by atoms with Gasteiger partial charge in [0.25, 0.3) is 5.91 Å². The second-order valence-corrected chi connectivity index (χ2v) is 13.6. The van der Waals surface area contributed by atoms with Gasteiger partial charge in [0.15, 0.2) is 5.69 Å². The Balaban J connectivity index is 1.63. The first-order valence-corrected chi connectivity index (χ1v) is 15.9. The van der Waals surface area contributed by atoms with Crippen LogP contribution in [-0.4, -0.2) is 57.1 Å². The van der Waals surface area contributed by atoms with Gasteiger partial charge in [-0.1, -0.05) is 19.9 Å². The zero-order valence-corrected chi connectivity index (χ0v) is 25.9. The van der Waals surface area contributed by atoms with Gasteiger partial charge >= 0.3 is 6.18 Å². The number of nitrogens with zero attached hydrogens (tertiary/aromatic N) is 5. The Morgan fingerprint density at radius 2 is 1.91 bits per heavy atom. The number of pyridine rings is 1. The summed E-state index contributed by atoms with van der Waals surface area (Å²) >= 11 is 0. The van der Waals surface area contributed by atoms with Crippen LogP contribution in [0.2, 0.25) is 0 Å². The summed E-state index contributed by atoms with van der Waals surface area (Å²) in [5, 5.41) is 12.4. The van der Waals surface area contributed by atoms with Gasteiger partial charge < -0.3 is 25.2 Å². The molecule has 4 aromatic rings. The second-order valence-electron chi connectivity index (χ2n) is 10.6. The average Bonchev–Trinajstić information content (AvgIpc) is 3.48. The van der Waals surface area contributed by atoms with Crippen LogP contribution >= 0.6 is 7.37 Å². The van der Waals surface area contributed by atoms with E-state index in [0.29, 0.717) is 47.4 Å². The van der Waals surface area contributed by atoms with Gasteiger partial charge in [-0.3, -0.25) is 14.0 Å². The molecule has 0 aliphatic carbocycles. The maximum atomic E-state index is 14.0. The number of halogens is 3. The van der Waals surface area contributed by atoms with Gasteiger partial charge in [-0.15, -0.1) is 0 Å². The molecule has 4 aliphatic heterocycles. The number of ether oxygens (including phenoxy) is 1. The van der Waals surface area contributed by atoms with Crippen LogP contribution in [0.1, 0.15) is 41.9 Å². The summed E-state index contributed by atoms with van der Waals surface area (Å²) in [5.41, 5.74) is 0.470. The molecular formula is C29H32F3N8O4P. The van der Waals surface area contributed by atoms with Crippen LogP contribution in [0.4, 0.5) is 36.3 Å². The van der Waals surface area contributed by atoms with Crippen molar-refractivity contribution in [2.75, 3.05) is 31.4 Å². The molecule has 1 atom stereocenters. The van der Waals surface area contributed by atoms with Crippen LogP contribution in [0.3, 0.4) is 0 Å². The van der Waals surface area contributed by atoms with Crippen molar-refractivity contribution in [1.82, 2.24) is 30.0 Å². The lowest BCUT2D eigenvalue weighted by molar-refractivity contribution is -0.137. The molecule has 12 nitrogen and oxygen atoms in total. The molecule has 7 heterocycles. The molecule has 8 rings (SSSR count). The van der Waals surface area contributed by atoms with E-state index < -0.39 is 30.8 Å². The molecule has 4 aliphatic rings. The first-order chi connectivity index (χ1) is 21.4. The van der Waals surface area contributed by atoms with Crippen LogP contribution in [0.15, 0.2) is 48.9 Å². The highest BCUT2D eigenvalue weighted by molar-refractivity contribution is 7.58. The van der Waals surface area contributed by atoms with Crippen molar-refractivity contribution in [2.45, 2.75) is 44.8 Å². The van der Waals surface area contributed by atoms with Gasteiger partial charge in [0, 0.05) is 37.2 Å². The largest absolute Gasteiger partial charge is 0.495 e. The number of hydrogen-bond acceptors (Lipinski definition) is 10. The fourth-order valence-electron chi connectivity index (χ4n) is 4.64. The van der Waals surface area contributed by atoms with Gasteiger partial charge in [0.1, 0.15) is 17.1 Å². The Hall–Kier alpha value is -4.49. The maximum absolute atomic E-state index is 14.0. The summed E-state index contributed by atoms with van der Waals surface area (Å²) in [6.45, 7) is 4.40. The number of aromatic nitrogens is 5. The molecule has 0 fully saturated rings.